The molecule has 30 heavy (non-hydrogen) atoms. The largest absolute Gasteiger partial charge is 0.545 e. The molecule has 1 aromatic heterocycles. The molecule has 0 N–H and O–H groups in total. The van der Waals surface area contributed by atoms with E-state index in [-0.39, 0.29) is 5.56 Å². The van der Waals surface area contributed by atoms with Gasteiger partial charge in [-0.1, -0.05) is 12.1 Å². The lowest BCUT2D eigenvalue weighted by Crippen LogP contribution is -2.21. The van der Waals surface area contributed by atoms with Crippen LogP contribution in [-0.2, 0) is 0 Å². The van der Waals surface area contributed by atoms with Crippen LogP contribution in [0.5, 0.6) is 11.5 Å². The summed E-state index contributed by atoms with van der Waals surface area (Å²) in [7, 11) is 3.21. The SMILES string of the molecule is COc1ccc(-c2cc(=Nc3ccc(C(=O)[O-])cc3)c3cc(OC)ccc3o2)cc1. The number of carboxylic acids is 1. The van der Waals surface area contributed by atoms with Crippen molar-refractivity contribution in [3.05, 3.63) is 83.7 Å². The molecule has 0 amide bonds. The zero-order valence-electron chi connectivity index (χ0n) is 16.4. The van der Waals surface area contributed by atoms with Gasteiger partial charge in [-0.2, -0.15) is 0 Å². The fraction of sp³-hybridized carbons (Fsp3) is 0.0833. The first-order valence-corrected chi connectivity index (χ1v) is 9.20. The highest BCUT2D eigenvalue weighted by Gasteiger charge is 2.08. The van der Waals surface area contributed by atoms with Gasteiger partial charge in [-0.25, -0.2) is 4.99 Å². The van der Waals surface area contributed by atoms with Crippen molar-refractivity contribution in [3.63, 3.8) is 0 Å². The molecule has 0 unspecified atom stereocenters. The molecule has 150 valence electrons. The number of ether oxygens (including phenoxy) is 2. The van der Waals surface area contributed by atoms with Crippen LogP contribution >= 0.6 is 0 Å². The van der Waals surface area contributed by atoms with Crippen molar-refractivity contribution >= 4 is 22.6 Å². The van der Waals surface area contributed by atoms with Crippen LogP contribution in [0.15, 0.2) is 82.2 Å². The highest BCUT2D eigenvalue weighted by atomic mass is 16.5. The minimum atomic E-state index is -1.22. The summed E-state index contributed by atoms with van der Waals surface area (Å²) < 4.78 is 16.7. The Bertz CT molecular complexity index is 1270. The van der Waals surface area contributed by atoms with Gasteiger partial charge in [0.1, 0.15) is 22.8 Å². The van der Waals surface area contributed by atoms with E-state index in [1.807, 2.05) is 48.5 Å². The third kappa shape index (κ3) is 3.89. The number of nitrogens with zero attached hydrogens (tertiary/aromatic N) is 1. The maximum atomic E-state index is 11.0. The van der Waals surface area contributed by atoms with Gasteiger partial charge in [0.25, 0.3) is 0 Å². The molecule has 0 fully saturated rings. The van der Waals surface area contributed by atoms with Crippen LogP contribution in [0, 0.1) is 0 Å². The molecule has 0 bridgehead atoms. The summed E-state index contributed by atoms with van der Waals surface area (Å²) in [6, 6.07) is 21.1. The van der Waals surface area contributed by atoms with E-state index in [0.29, 0.717) is 28.1 Å². The van der Waals surface area contributed by atoms with Crippen LogP contribution in [0.4, 0.5) is 5.69 Å². The second-order valence-electron chi connectivity index (χ2n) is 6.53. The van der Waals surface area contributed by atoms with Crippen LogP contribution < -0.4 is 19.9 Å². The van der Waals surface area contributed by atoms with Gasteiger partial charge < -0.3 is 23.8 Å². The van der Waals surface area contributed by atoms with E-state index in [1.54, 1.807) is 26.4 Å². The van der Waals surface area contributed by atoms with Gasteiger partial charge in [-0.05, 0) is 60.2 Å². The third-order valence-electron chi connectivity index (χ3n) is 4.68. The Kier molecular flexibility index (Phi) is 5.22. The zero-order chi connectivity index (χ0) is 21.1. The third-order valence-corrected chi connectivity index (χ3v) is 4.68. The number of benzene rings is 3. The summed E-state index contributed by atoms with van der Waals surface area (Å²) in [5.74, 6) is 0.846. The number of hydrogen-bond acceptors (Lipinski definition) is 6. The predicted octanol–water partition coefficient (Wildman–Crippen LogP) is 3.71. The van der Waals surface area contributed by atoms with E-state index in [0.717, 1.165) is 16.7 Å². The molecular formula is C24H18NO5-. The van der Waals surface area contributed by atoms with Gasteiger partial charge in [0.2, 0.25) is 0 Å². The summed E-state index contributed by atoms with van der Waals surface area (Å²) in [4.78, 5) is 15.7. The van der Waals surface area contributed by atoms with Crippen LogP contribution in [0.2, 0.25) is 0 Å². The van der Waals surface area contributed by atoms with Crippen molar-refractivity contribution < 1.29 is 23.8 Å². The lowest BCUT2D eigenvalue weighted by atomic mass is 10.1. The maximum Gasteiger partial charge on any atom is 0.137 e. The molecule has 1 heterocycles. The highest BCUT2D eigenvalue weighted by molar-refractivity contribution is 5.86. The molecule has 0 aliphatic carbocycles. The van der Waals surface area contributed by atoms with Gasteiger partial charge in [-0.15, -0.1) is 0 Å². The Hall–Kier alpha value is -4.06. The van der Waals surface area contributed by atoms with E-state index in [2.05, 4.69) is 0 Å². The number of carbonyl (C=O) groups excluding carboxylic acids is 1. The molecule has 0 saturated heterocycles. The lowest BCUT2D eigenvalue weighted by molar-refractivity contribution is -0.255. The van der Waals surface area contributed by atoms with Gasteiger partial charge in [-0.3, -0.25) is 0 Å². The normalized spacial score (nSPS) is 11.5. The van der Waals surface area contributed by atoms with E-state index in [1.165, 1.54) is 12.1 Å². The maximum absolute atomic E-state index is 11.0. The molecule has 0 saturated carbocycles. The Balaban J connectivity index is 1.91. The van der Waals surface area contributed by atoms with Gasteiger partial charge >= 0.3 is 0 Å². The van der Waals surface area contributed by atoms with Gasteiger partial charge in [0.15, 0.2) is 0 Å². The first kappa shape index (κ1) is 19.3. The van der Waals surface area contributed by atoms with Crippen molar-refractivity contribution in [1.82, 2.24) is 0 Å². The fourth-order valence-corrected chi connectivity index (χ4v) is 3.08. The molecule has 0 radical (unpaired) electrons. The van der Waals surface area contributed by atoms with E-state index < -0.39 is 5.97 Å². The number of aromatic carboxylic acids is 1. The van der Waals surface area contributed by atoms with E-state index in [9.17, 15) is 9.90 Å². The van der Waals surface area contributed by atoms with Crippen molar-refractivity contribution in [2.75, 3.05) is 14.2 Å². The number of hydrogen-bond donors (Lipinski definition) is 0. The van der Waals surface area contributed by atoms with E-state index >= 15 is 0 Å². The number of carbonyl (C=O) groups is 1. The summed E-state index contributed by atoms with van der Waals surface area (Å²) in [6.45, 7) is 0. The zero-order valence-corrected chi connectivity index (χ0v) is 16.4. The topological polar surface area (TPSA) is 84.1 Å². The predicted molar refractivity (Wildman–Crippen MR) is 111 cm³/mol. The number of methoxy groups -OCH3 is 2. The average Bonchev–Trinajstić information content (AvgIpc) is 2.79. The van der Waals surface area contributed by atoms with Crippen molar-refractivity contribution in [2.24, 2.45) is 4.99 Å². The Morgan fingerprint density at radius 1 is 0.867 bits per heavy atom. The fourth-order valence-electron chi connectivity index (χ4n) is 3.08. The Morgan fingerprint density at radius 3 is 2.17 bits per heavy atom. The average molecular weight is 400 g/mol. The monoisotopic (exact) mass is 400 g/mol. The highest BCUT2D eigenvalue weighted by Crippen LogP contribution is 2.26. The van der Waals surface area contributed by atoms with Crippen molar-refractivity contribution in [1.29, 1.82) is 0 Å². The molecule has 0 aliphatic heterocycles. The van der Waals surface area contributed by atoms with Crippen LogP contribution in [0.3, 0.4) is 0 Å². The molecule has 0 aliphatic rings. The number of fused-ring (bicyclic) bond motifs is 1. The molecule has 6 heteroatoms. The summed E-state index contributed by atoms with van der Waals surface area (Å²) >= 11 is 0. The molecule has 0 atom stereocenters. The Labute approximate surface area is 172 Å². The molecule has 4 rings (SSSR count). The molecule has 4 aromatic rings. The second-order valence-corrected chi connectivity index (χ2v) is 6.53. The lowest BCUT2D eigenvalue weighted by Gasteiger charge is -2.08. The van der Waals surface area contributed by atoms with Gasteiger partial charge in [0, 0.05) is 17.0 Å². The molecule has 3 aromatic carbocycles. The molecule has 0 spiro atoms. The van der Waals surface area contributed by atoms with Crippen LogP contribution in [0.25, 0.3) is 22.3 Å². The summed E-state index contributed by atoms with van der Waals surface area (Å²) in [5.41, 5.74) is 2.23. The molecule has 6 nitrogen and oxygen atoms in total. The van der Waals surface area contributed by atoms with Crippen LogP contribution in [-0.4, -0.2) is 20.2 Å². The first-order chi connectivity index (χ1) is 14.6. The summed E-state index contributed by atoms with van der Waals surface area (Å²) in [6.07, 6.45) is 0. The minimum absolute atomic E-state index is 0.0995. The van der Waals surface area contributed by atoms with Gasteiger partial charge in [0.05, 0.1) is 31.2 Å². The van der Waals surface area contributed by atoms with Crippen molar-refractivity contribution in [2.45, 2.75) is 0 Å². The standard InChI is InChI=1S/C24H19NO5/c1-28-18-9-5-15(6-10-18)23-14-21(20-13-19(29-2)11-12-22(20)30-23)25-17-7-3-16(4-8-17)24(26)27/h3-14H,1-2H3,(H,26,27)/p-1. The van der Waals surface area contributed by atoms with Crippen molar-refractivity contribution in [3.8, 4) is 22.8 Å². The number of carboxylic acid groups (broad SMARTS) is 1. The minimum Gasteiger partial charge on any atom is -0.545 e. The first-order valence-electron chi connectivity index (χ1n) is 9.20. The smallest absolute Gasteiger partial charge is 0.137 e. The second kappa shape index (κ2) is 8.13. The summed E-state index contributed by atoms with van der Waals surface area (Å²) in [5, 5.41) is 12.4. The Morgan fingerprint density at radius 2 is 1.53 bits per heavy atom. The van der Waals surface area contributed by atoms with Crippen LogP contribution in [0.1, 0.15) is 10.4 Å². The quantitative estimate of drug-likeness (QED) is 0.510. The molecular weight excluding hydrogens is 382 g/mol. The number of rotatable bonds is 5. The van der Waals surface area contributed by atoms with E-state index in [4.69, 9.17) is 18.9 Å².